The Morgan fingerprint density at radius 1 is 0.306 bits per heavy atom. The molecule has 290 valence electrons. The third-order valence-electron chi connectivity index (χ3n) is 12.4. The van der Waals surface area contributed by atoms with Crippen molar-refractivity contribution in [3.05, 3.63) is 247 Å². The van der Waals surface area contributed by atoms with Gasteiger partial charge in [0.05, 0.1) is 5.41 Å². The van der Waals surface area contributed by atoms with Crippen molar-refractivity contribution < 1.29 is 0 Å². The molecule has 3 nitrogen and oxygen atoms in total. The van der Waals surface area contributed by atoms with E-state index in [1.807, 2.05) is 35.6 Å². The molecule has 0 fully saturated rings. The SMILES string of the molecule is c1ccc(-c2cccc(-c3nc(-c4ccccc4)nc(-c4ccccc4-c4cccc5sc6ccc(C7(c8ccccc8)c8ccccc8-c8ccccc87)cc6c45)n3)c2)cc1. The lowest BCUT2D eigenvalue weighted by atomic mass is 9.67. The van der Waals surface area contributed by atoms with E-state index in [4.69, 9.17) is 15.0 Å². The molecular weight excluding hydrogens is 771 g/mol. The first-order valence-electron chi connectivity index (χ1n) is 21.0. The van der Waals surface area contributed by atoms with Crippen molar-refractivity contribution in [2.75, 3.05) is 0 Å². The summed E-state index contributed by atoms with van der Waals surface area (Å²) in [6, 6.07) is 80.5. The van der Waals surface area contributed by atoms with E-state index in [2.05, 4.69) is 200 Å². The van der Waals surface area contributed by atoms with Gasteiger partial charge in [0, 0.05) is 36.9 Å². The fourth-order valence-electron chi connectivity index (χ4n) is 9.72. The molecule has 11 aromatic rings. The van der Waals surface area contributed by atoms with Crippen LogP contribution >= 0.6 is 11.3 Å². The summed E-state index contributed by atoms with van der Waals surface area (Å²) in [5, 5.41) is 2.47. The van der Waals surface area contributed by atoms with Crippen molar-refractivity contribution in [1.82, 2.24) is 15.0 Å². The molecule has 0 amide bonds. The third kappa shape index (κ3) is 5.76. The zero-order valence-corrected chi connectivity index (χ0v) is 34.4. The zero-order chi connectivity index (χ0) is 41.0. The van der Waals surface area contributed by atoms with E-state index in [-0.39, 0.29) is 0 Å². The highest BCUT2D eigenvalue weighted by Crippen LogP contribution is 2.57. The second kappa shape index (κ2) is 14.7. The predicted octanol–water partition coefficient (Wildman–Crippen LogP) is 14.9. The highest BCUT2D eigenvalue weighted by atomic mass is 32.1. The Morgan fingerprint density at radius 3 is 1.53 bits per heavy atom. The number of hydrogen-bond acceptors (Lipinski definition) is 4. The quantitative estimate of drug-likeness (QED) is 0.161. The van der Waals surface area contributed by atoms with Crippen molar-refractivity contribution in [3.63, 3.8) is 0 Å². The lowest BCUT2D eigenvalue weighted by Gasteiger charge is -2.34. The molecule has 0 atom stereocenters. The fraction of sp³-hybridized carbons (Fsp3) is 0.0172. The Hall–Kier alpha value is -7.79. The minimum atomic E-state index is -0.489. The molecule has 9 aromatic carbocycles. The summed E-state index contributed by atoms with van der Waals surface area (Å²) in [6.07, 6.45) is 0. The van der Waals surface area contributed by atoms with Gasteiger partial charge >= 0.3 is 0 Å². The van der Waals surface area contributed by atoms with Crippen LogP contribution in [0, 0.1) is 0 Å². The van der Waals surface area contributed by atoms with Gasteiger partial charge in [-0.1, -0.05) is 200 Å². The average Bonchev–Trinajstić information content (AvgIpc) is 3.88. The van der Waals surface area contributed by atoms with Crippen LogP contribution in [-0.2, 0) is 5.41 Å². The van der Waals surface area contributed by atoms with Gasteiger partial charge in [-0.3, -0.25) is 0 Å². The van der Waals surface area contributed by atoms with Crippen LogP contribution in [0.2, 0.25) is 0 Å². The van der Waals surface area contributed by atoms with E-state index in [1.165, 1.54) is 53.6 Å². The van der Waals surface area contributed by atoms with Gasteiger partial charge in [-0.2, -0.15) is 0 Å². The number of fused-ring (bicyclic) bond motifs is 6. The number of aromatic nitrogens is 3. The van der Waals surface area contributed by atoms with Crippen molar-refractivity contribution >= 4 is 31.5 Å². The fourth-order valence-corrected chi connectivity index (χ4v) is 10.8. The molecule has 1 aliphatic rings. The van der Waals surface area contributed by atoms with E-state index < -0.39 is 5.41 Å². The Kier molecular flexibility index (Phi) is 8.58. The van der Waals surface area contributed by atoms with Crippen LogP contribution < -0.4 is 0 Å². The van der Waals surface area contributed by atoms with Crippen LogP contribution in [0.1, 0.15) is 22.3 Å². The number of thiophene rings is 1. The summed E-state index contributed by atoms with van der Waals surface area (Å²) in [4.78, 5) is 15.6. The summed E-state index contributed by atoms with van der Waals surface area (Å²) < 4.78 is 2.49. The molecule has 4 heteroatoms. The molecule has 0 radical (unpaired) electrons. The van der Waals surface area contributed by atoms with Crippen LogP contribution in [0.4, 0.5) is 0 Å². The summed E-state index contributed by atoms with van der Waals surface area (Å²) in [7, 11) is 0. The van der Waals surface area contributed by atoms with E-state index in [0.29, 0.717) is 17.5 Å². The monoisotopic (exact) mass is 807 g/mol. The molecule has 1 aliphatic carbocycles. The maximum absolute atomic E-state index is 5.28. The summed E-state index contributed by atoms with van der Waals surface area (Å²) in [6.45, 7) is 0. The molecule has 62 heavy (non-hydrogen) atoms. The topological polar surface area (TPSA) is 38.7 Å². The van der Waals surface area contributed by atoms with Crippen molar-refractivity contribution in [2.24, 2.45) is 0 Å². The predicted molar refractivity (Wildman–Crippen MR) is 257 cm³/mol. The van der Waals surface area contributed by atoms with Crippen molar-refractivity contribution in [2.45, 2.75) is 5.41 Å². The number of nitrogens with zero attached hydrogens (tertiary/aromatic N) is 3. The second-order valence-corrected chi connectivity index (χ2v) is 16.9. The van der Waals surface area contributed by atoms with Gasteiger partial charge in [-0.25, -0.2) is 15.0 Å². The normalized spacial score (nSPS) is 12.6. The Morgan fingerprint density at radius 2 is 0.823 bits per heavy atom. The standard InChI is InChI=1S/C58H37N3S/c1-4-18-38(19-5-1)40-22-16-23-41(36-40)56-59-55(39-20-6-2-7-21-39)60-57(61-56)48-29-11-10-26-44(48)47-30-17-33-53-54(47)49-37-43(34-35-52(49)62-53)58(42-24-8-3-9-25-42)50-31-14-12-27-45(50)46-28-13-15-32-51(46)58/h1-37H. The van der Waals surface area contributed by atoms with Gasteiger partial charge < -0.3 is 0 Å². The molecular formula is C58H37N3S. The Labute approximate surface area is 364 Å². The van der Waals surface area contributed by atoms with E-state index in [1.54, 1.807) is 0 Å². The van der Waals surface area contributed by atoms with Crippen LogP contribution in [-0.4, -0.2) is 15.0 Å². The smallest absolute Gasteiger partial charge is 0.164 e. The molecule has 2 heterocycles. The van der Waals surface area contributed by atoms with Crippen LogP contribution in [0.15, 0.2) is 224 Å². The number of benzene rings is 9. The molecule has 0 N–H and O–H groups in total. The van der Waals surface area contributed by atoms with Crippen LogP contribution in [0.3, 0.4) is 0 Å². The first-order valence-corrected chi connectivity index (χ1v) is 21.8. The summed E-state index contributed by atoms with van der Waals surface area (Å²) in [5.74, 6) is 1.90. The van der Waals surface area contributed by atoms with Crippen molar-refractivity contribution in [1.29, 1.82) is 0 Å². The van der Waals surface area contributed by atoms with Gasteiger partial charge in [0.15, 0.2) is 17.5 Å². The van der Waals surface area contributed by atoms with E-state index >= 15 is 0 Å². The molecule has 0 bridgehead atoms. The maximum atomic E-state index is 5.28. The van der Waals surface area contributed by atoms with Crippen molar-refractivity contribution in [3.8, 4) is 67.5 Å². The van der Waals surface area contributed by atoms with Crippen LogP contribution in [0.25, 0.3) is 87.7 Å². The number of hydrogen-bond donors (Lipinski definition) is 0. The first kappa shape index (κ1) is 36.1. The zero-order valence-electron chi connectivity index (χ0n) is 33.6. The van der Waals surface area contributed by atoms with Gasteiger partial charge in [0.25, 0.3) is 0 Å². The highest BCUT2D eigenvalue weighted by Gasteiger charge is 2.46. The Bertz CT molecular complexity index is 3420. The average molecular weight is 808 g/mol. The van der Waals surface area contributed by atoms with Gasteiger partial charge in [-0.05, 0) is 79.9 Å². The molecule has 2 aromatic heterocycles. The van der Waals surface area contributed by atoms with Gasteiger partial charge in [0.1, 0.15) is 0 Å². The molecule has 0 spiro atoms. The minimum Gasteiger partial charge on any atom is -0.208 e. The molecule has 0 saturated carbocycles. The van der Waals surface area contributed by atoms with Crippen LogP contribution in [0.5, 0.6) is 0 Å². The molecule has 0 saturated heterocycles. The lowest BCUT2D eigenvalue weighted by Crippen LogP contribution is -2.28. The number of rotatable bonds is 7. The molecule has 0 unspecified atom stereocenters. The van der Waals surface area contributed by atoms with E-state index in [9.17, 15) is 0 Å². The summed E-state index contributed by atoms with van der Waals surface area (Å²) in [5.41, 5.74) is 14.5. The van der Waals surface area contributed by atoms with E-state index in [0.717, 1.165) is 38.9 Å². The highest BCUT2D eigenvalue weighted by molar-refractivity contribution is 7.26. The Balaban J connectivity index is 1.07. The lowest BCUT2D eigenvalue weighted by molar-refractivity contribution is 0.770. The largest absolute Gasteiger partial charge is 0.208 e. The molecule has 12 rings (SSSR count). The van der Waals surface area contributed by atoms with Gasteiger partial charge in [0.2, 0.25) is 0 Å². The summed E-state index contributed by atoms with van der Waals surface area (Å²) >= 11 is 1.85. The minimum absolute atomic E-state index is 0.489. The first-order chi connectivity index (χ1) is 30.7. The maximum Gasteiger partial charge on any atom is 0.164 e. The third-order valence-corrected chi connectivity index (χ3v) is 13.6. The molecule has 0 aliphatic heterocycles. The van der Waals surface area contributed by atoms with Gasteiger partial charge in [-0.15, -0.1) is 11.3 Å². The second-order valence-electron chi connectivity index (χ2n) is 15.9.